The van der Waals surface area contributed by atoms with Crippen molar-refractivity contribution in [1.29, 1.82) is 0 Å². The normalized spacial score (nSPS) is 19.6. The molecule has 0 amide bonds. The van der Waals surface area contributed by atoms with Gasteiger partial charge in [0.15, 0.2) is 5.79 Å². The maximum Gasteiger partial charge on any atom is 0.162 e. The van der Waals surface area contributed by atoms with Gasteiger partial charge in [0.2, 0.25) is 0 Å². The van der Waals surface area contributed by atoms with Crippen LogP contribution < -0.4 is 10.2 Å². The zero-order chi connectivity index (χ0) is 13.2. The quantitative estimate of drug-likeness (QED) is 0.892. The van der Waals surface area contributed by atoms with E-state index in [1.807, 2.05) is 40.1 Å². The first-order valence-corrected chi connectivity index (χ1v) is 6.29. The molecule has 1 fully saturated rings. The highest BCUT2D eigenvalue weighted by Gasteiger charge is 2.28. The molecule has 100 valence electrons. The highest BCUT2D eigenvalue weighted by atomic mass is 16.7. The van der Waals surface area contributed by atoms with E-state index >= 15 is 0 Å². The predicted octanol–water partition coefficient (Wildman–Crippen LogP) is 2.32. The Morgan fingerprint density at radius 1 is 1.17 bits per heavy atom. The van der Waals surface area contributed by atoms with Gasteiger partial charge in [0.25, 0.3) is 0 Å². The van der Waals surface area contributed by atoms with Crippen molar-refractivity contribution >= 4 is 11.4 Å². The third kappa shape index (κ3) is 3.15. The van der Waals surface area contributed by atoms with Crippen LogP contribution in [-0.2, 0) is 9.47 Å². The van der Waals surface area contributed by atoms with Gasteiger partial charge in [-0.2, -0.15) is 0 Å². The molecule has 4 heteroatoms. The SMILES string of the molecule is CN(C)c1ccccc1NC1COC(C)(C)OC1. The van der Waals surface area contributed by atoms with E-state index in [1.54, 1.807) is 0 Å². The Morgan fingerprint density at radius 3 is 2.39 bits per heavy atom. The van der Waals surface area contributed by atoms with Crippen molar-refractivity contribution in [2.45, 2.75) is 25.7 Å². The predicted molar refractivity (Wildman–Crippen MR) is 74.2 cm³/mol. The molecule has 0 unspecified atom stereocenters. The van der Waals surface area contributed by atoms with Gasteiger partial charge in [-0.15, -0.1) is 0 Å². The van der Waals surface area contributed by atoms with E-state index < -0.39 is 5.79 Å². The summed E-state index contributed by atoms with van der Waals surface area (Å²) in [6.07, 6.45) is 0. The summed E-state index contributed by atoms with van der Waals surface area (Å²) in [6, 6.07) is 8.44. The third-order valence-electron chi connectivity index (χ3n) is 3.01. The van der Waals surface area contributed by atoms with Crippen LogP contribution in [0, 0.1) is 0 Å². The lowest BCUT2D eigenvalue weighted by molar-refractivity contribution is -0.247. The molecule has 0 atom stereocenters. The number of hydrogen-bond donors (Lipinski definition) is 1. The Hall–Kier alpha value is -1.26. The Labute approximate surface area is 109 Å². The average Bonchev–Trinajstić information content (AvgIpc) is 2.32. The minimum absolute atomic E-state index is 0.194. The number of rotatable bonds is 3. The summed E-state index contributed by atoms with van der Waals surface area (Å²) in [7, 11) is 4.08. The number of para-hydroxylation sites is 2. The maximum atomic E-state index is 5.65. The summed E-state index contributed by atoms with van der Waals surface area (Å²) in [4.78, 5) is 2.09. The van der Waals surface area contributed by atoms with E-state index in [0.29, 0.717) is 13.2 Å². The summed E-state index contributed by atoms with van der Waals surface area (Å²) in [5.41, 5.74) is 2.28. The van der Waals surface area contributed by atoms with E-state index in [1.165, 1.54) is 5.69 Å². The van der Waals surface area contributed by atoms with Crippen LogP contribution in [0.15, 0.2) is 24.3 Å². The van der Waals surface area contributed by atoms with Crippen molar-refractivity contribution < 1.29 is 9.47 Å². The first-order chi connectivity index (χ1) is 8.48. The molecule has 0 aliphatic carbocycles. The smallest absolute Gasteiger partial charge is 0.162 e. The lowest BCUT2D eigenvalue weighted by Gasteiger charge is -2.36. The topological polar surface area (TPSA) is 33.7 Å². The number of hydrogen-bond acceptors (Lipinski definition) is 4. The molecule has 0 spiro atoms. The first kappa shape index (κ1) is 13.2. The van der Waals surface area contributed by atoms with Gasteiger partial charge in [0.1, 0.15) is 0 Å². The van der Waals surface area contributed by atoms with E-state index in [0.717, 1.165) is 5.69 Å². The molecule has 1 aliphatic heterocycles. The van der Waals surface area contributed by atoms with Gasteiger partial charge in [0, 0.05) is 14.1 Å². The number of benzene rings is 1. The maximum absolute atomic E-state index is 5.65. The fourth-order valence-electron chi connectivity index (χ4n) is 1.98. The highest BCUT2D eigenvalue weighted by Crippen LogP contribution is 2.26. The van der Waals surface area contributed by atoms with Crippen LogP contribution >= 0.6 is 0 Å². The molecule has 1 aromatic carbocycles. The van der Waals surface area contributed by atoms with Gasteiger partial charge in [-0.1, -0.05) is 12.1 Å². The Morgan fingerprint density at radius 2 is 1.78 bits per heavy atom. The monoisotopic (exact) mass is 250 g/mol. The second-order valence-corrected chi connectivity index (χ2v) is 5.27. The van der Waals surface area contributed by atoms with Crippen molar-refractivity contribution in [1.82, 2.24) is 0 Å². The lowest BCUT2D eigenvalue weighted by atomic mass is 10.2. The van der Waals surface area contributed by atoms with Gasteiger partial charge in [-0.3, -0.25) is 0 Å². The number of anilines is 2. The summed E-state index contributed by atoms with van der Waals surface area (Å²) in [5, 5.41) is 3.48. The summed E-state index contributed by atoms with van der Waals surface area (Å²) in [5.74, 6) is -0.459. The first-order valence-electron chi connectivity index (χ1n) is 6.29. The van der Waals surface area contributed by atoms with E-state index in [-0.39, 0.29) is 6.04 Å². The molecule has 1 N–H and O–H groups in total. The van der Waals surface area contributed by atoms with Crippen LogP contribution in [0.3, 0.4) is 0 Å². The van der Waals surface area contributed by atoms with Crippen molar-refractivity contribution in [3.05, 3.63) is 24.3 Å². The third-order valence-corrected chi connectivity index (χ3v) is 3.01. The van der Waals surface area contributed by atoms with Gasteiger partial charge in [-0.05, 0) is 26.0 Å². The molecule has 0 radical (unpaired) electrons. The molecule has 1 heterocycles. The zero-order valence-electron chi connectivity index (χ0n) is 11.6. The van der Waals surface area contributed by atoms with Gasteiger partial charge in [-0.25, -0.2) is 0 Å². The molecule has 2 rings (SSSR count). The van der Waals surface area contributed by atoms with Crippen LogP contribution in [0.5, 0.6) is 0 Å². The molecule has 1 saturated heterocycles. The van der Waals surface area contributed by atoms with Crippen LogP contribution in [0.1, 0.15) is 13.8 Å². The Balaban J connectivity index is 2.02. The Bertz CT molecular complexity index is 395. The highest BCUT2D eigenvalue weighted by molar-refractivity contribution is 5.69. The summed E-state index contributed by atoms with van der Waals surface area (Å²) >= 11 is 0. The fourth-order valence-corrected chi connectivity index (χ4v) is 1.98. The molecule has 0 aromatic heterocycles. The molecular formula is C14H22N2O2. The molecule has 18 heavy (non-hydrogen) atoms. The van der Waals surface area contributed by atoms with Crippen molar-refractivity contribution in [2.24, 2.45) is 0 Å². The minimum atomic E-state index is -0.459. The summed E-state index contributed by atoms with van der Waals surface area (Å²) in [6.45, 7) is 5.21. The molecule has 4 nitrogen and oxygen atoms in total. The largest absolute Gasteiger partial charge is 0.376 e. The molecule has 1 aliphatic rings. The standard InChI is InChI=1S/C14H22N2O2/c1-14(2)17-9-11(10-18-14)15-12-7-5-6-8-13(12)16(3)4/h5-8,11,15H,9-10H2,1-4H3. The number of nitrogens with zero attached hydrogens (tertiary/aromatic N) is 1. The van der Waals surface area contributed by atoms with E-state index in [9.17, 15) is 0 Å². The van der Waals surface area contributed by atoms with Crippen molar-refractivity contribution in [3.63, 3.8) is 0 Å². The van der Waals surface area contributed by atoms with Crippen LogP contribution in [-0.4, -0.2) is 39.1 Å². The van der Waals surface area contributed by atoms with E-state index in [2.05, 4.69) is 22.3 Å². The van der Waals surface area contributed by atoms with E-state index in [4.69, 9.17) is 9.47 Å². The zero-order valence-corrected chi connectivity index (χ0v) is 11.6. The fraction of sp³-hybridized carbons (Fsp3) is 0.571. The van der Waals surface area contributed by atoms with Crippen LogP contribution in [0.25, 0.3) is 0 Å². The van der Waals surface area contributed by atoms with Crippen LogP contribution in [0.4, 0.5) is 11.4 Å². The molecule has 1 aromatic rings. The van der Waals surface area contributed by atoms with Crippen molar-refractivity contribution in [3.8, 4) is 0 Å². The van der Waals surface area contributed by atoms with Crippen LogP contribution in [0.2, 0.25) is 0 Å². The average molecular weight is 250 g/mol. The van der Waals surface area contributed by atoms with Gasteiger partial charge in [0.05, 0.1) is 30.6 Å². The van der Waals surface area contributed by atoms with Gasteiger partial charge < -0.3 is 19.7 Å². The molecule has 0 bridgehead atoms. The number of ether oxygens (including phenoxy) is 2. The lowest BCUT2D eigenvalue weighted by Crippen LogP contribution is -2.45. The van der Waals surface area contributed by atoms with Gasteiger partial charge >= 0.3 is 0 Å². The second kappa shape index (κ2) is 5.16. The summed E-state index contributed by atoms with van der Waals surface area (Å²) < 4.78 is 11.3. The molecule has 0 saturated carbocycles. The van der Waals surface area contributed by atoms with Crippen molar-refractivity contribution in [2.75, 3.05) is 37.5 Å². The minimum Gasteiger partial charge on any atom is -0.376 e. The Kier molecular flexibility index (Phi) is 3.78. The molecular weight excluding hydrogens is 228 g/mol. The second-order valence-electron chi connectivity index (χ2n) is 5.27. The number of nitrogens with one attached hydrogen (secondary N) is 1.